The summed E-state index contributed by atoms with van der Waals surface area (Å²) in [5.74, 6) is -0.852. The minimum atomic E-state index is -0.852. The molecule has 110 valence electrons. The van der Waals surface area contributed by atoms with Gasteiger partial charge in [-0.05, 0) is 45.0 Å². The van der Waals surface area contributed by atoms with Crippen molar-refractivity contribution in [3.05, 3.63) is 29.3 Å². The van der Waals surface area contributed by atoms with Crippen LogP contribution in [0.5, 0.6) is 0 Å². The van der Waals surface area contributed by atoms with Gasteiger partial charge in [0, 0.05) is 19.6 Å². The monoisotopic (exact) mass is 276 g/mol. The molecule has 1 N–H and O–H groups in total. The van der Waals surface area contributed by atoms with E-state index >= 15 is 0 Å². The minimum Gasteiger partial charge on any atom is -0.478 e. The Hall–Kier alpha value is -1.55. The van der Waals surface area contributed by atoms with Crippen LogP contribution < -0.4 is 4.90 Å². The van der Waals surface area contributed by atoms with Crippen LogP contribution in [-0.4, -0.2) is 48.7 Å². The van der Waals surface area contributed by atoms with Crippen LogP contribution in [-0.2, 0) is 0 Å². The number of hydrogen-bond donors (Lipinski definition) is 1. The number of benzene rings is 1. The maximum absolute atomic E-state index is 11.4. The van der Waals surface area contributed by atoms with Crippen LogP contribution in [0, 0.1) is 6.92 Å². The van der Waals surface area contributed by atoms with Crippen molar-refractivity contribution in [3.8, 4) is 0 Å². The molecule has 0 aliphatic carbocycles. The zero-order chi connectivity index (χ0) is 14.7. The van der Waals surface area contributed by atoms with E-state index < -0.39 is 5.97 Å². The Kier molecular flexibility index (Phi) is 4.65. The Morgan fingerprint density at radius 1 is 1.50 bits per heavy atom. The summed E-state index contributed by atoms with van der Waals surface area (Å²) in [4.78, 5) is 16.0. The lowest BCUT2D eigenvalue weighted by atomic mass is 10.1. The van der Waals surface area contributed by atoms with Gasteiger partial charge in [-0.15, -0.1) is 0 Å². The maximum Gasteiger partial charge on any atom is 0.337 e. The molecule has 1 aliphatic rings. The number of hydrogen-bond acceptors (Lipinski definition) is 3. The molecule has 1 aromatic carbocycles. The SMILES string of the molecule is CCN1CCCC1CN(C)c1ccc(C)cc1C(=O)O. The molecule has 1 aromatic rings. The highest BCUT2D eigenvalue weighted by molar-refractivity contribution is 5.94. The number of aryl methyl sites for hydroxylation is 1. The van der Waals surface area contributed by atoms with Crippen molar-refractivity contribution >= 4 is 11.7 Å². The molecule has 2 rings (SSSR count). The molecular formula is C16H24N2O2. The number of rotatable bonds is 5. The fraction of sp³-hybridized carbons (Fsp3) is 0.562. The largest absolute Gasteiger partial charge is 0.478 e. The number of aromatic carboxylic acids is 1. The van der Waals surface area contributed by atoms with Gasteiger partial charge in [0.2, 0.25) is 0 Å². The molecule has 0 radical (unpaired) electrons. The lowest BCUT2D eigenvalue weighted by Crippen LogP contribution is -2.39. The third-order valence-corrected chi connectivity index (χ3v) is 4.18. The van der Waals surface area contributed by atoms with Crippen molar-refractivity contribution in [2.75, 3.05) is 31.6 Å². The van der Waals surface area contributed by atoms with E-state index in [4.69, 9.17) is 0 Å². The third-order valence-electron chi connectivity index (χ3n) is 4.18. The molecule has 0 amide bonds. The van der Waals surface area contributed by atoms with E-state index in [0.29, 0.717) is 11.6 Å². The normalized spacial score (nSPS) is 19.2. The van der Waals surface area contributed by atoms with Crippen LogP contribution in [0.2, 0.25) is 0 Å². The summed E-state index contributed by atoms with van der Waals surface area (Å²) < 4.78 is 0. The molecule has 0 aromatic heterocycles. The number of anilines is 1. The molecule has 20 heavy (non-hydrogen) atoms. The van der Waals surface area contributed by atoms with Gasteiger partial charge in [-0.25, -0.2) is 4.79 Å². The van der Waals surface area contributed by atoms with Crippen molar-refractivity contribution in [1.82, 2.24) is 4.90 Å². The highest BCUT2D eigenvalue weighted by Crippen LogP contribution is 2.24. The zero-order valence-corrected chi connectivity index (χ0v) is 12.6. The molecule has 0 saturated carbocycles. The number of carbonyl (C=O) groups is 1. The van der Waals surface area contributed by atoms with Crippen LogP contribution in [0.15, 0.2) is 18.2 Å². The van der Waals surface area contributed by atoms with Gasteiger partial charge in [0.15, 0.2) is 0 Å². The molecule has 1 heterocycles. The highest BCUT2D eigenvalue weighted by Gasteiger charge is 2.25. The van der Waals surface area contributed by atoms with Gasteiger partial charge < -0.3 is 10.0 Å². The van der Waals surface area contributed by atoms with Crippen LogP contribution in [0.4, 0.5) is 5.69 Å². The summed E-state index contributed by atoms with van der Waals surface area (Å²) >= 11 is 0. The topological polar surface area (TPSA) is 43.8 Å². The fourth-order valence-corrected chi connectivity index (χ4v) is 3.09. The molecule has 1 unspecified atom stereocenters. The van der Waals surface area contributed by atoms with Gasteiger partial charge in [0.25, 0.3) is 0 Å². The first-order valence-corrected chi connectivity index (χ1v) is 7.32. The van der Waals surface area contributed by atoms with Gasteiger partial charge in [-0.2, -0.15) is 0 Å². The number of likely N-dealkylation sites (N-methyl/N-ethyl adjacent to an activating group) is 2. The third kappa shape index (κ3) is 3.12. The predicted molar refractivity (Wildman–Crippen MR) is 81.7 cm³/mol. The highest BCUT2D eigenvalue weighted by atomic mass is 16.4. The number of nitrogens with zero attached hydrogens (tertiary/aromatic N) is 2. The second kappa shape index (κ2) is 6.27. The van der Waals surface area contributed by atoms with E-state index in [1.165, 1.54) is 12.8 Å². The smallest absolute Gasteiger partial charge is 0.337 e. The minimum absolute atomic E-state index is 0.397. The van der Waals surface area contributed by atoms with Gasteiger partial charge in [-0.3, -0.25) is 4.90 Å². The maximum atomic E-state index is 11.4. The summed E-state index contributed by atoms with van der Waals surface area (Å²) in [6.07, 6.45) is 2.44. The van der Waals surface area contributed by atoms with Gasteiger partial charge >= 0.3 is 5.97 Å². The van der Waals surface area contributed by atoms with Crippen molar-refractivity contribution in [3.63, 3.8) is 0 Å². The van der Waals surface area contributed by atoms with Crippen molar-refractivity contribution in [1.29, 1.82) is 0 Å². The second-order valence-corrected chi connectivity index (χ2v) is 5.63. The Labute approximate surface area is 121 Å². The molecule has 0 spiro atoms. The second-order valence-electron chi connectivity index (χ2n) is 5.63. The van der Waals surface area contributed by atoms with Crippen molar-refractivity contribution in [2.24, 2.45) is 0 Å². The molecule has 1 aliphatic heterocycles. The number of carboxylic acids is 1. The van der Waals surface area contributed by atoms with Crippen LogP contribution in [0.1, 0.15) is 35.7 Å². The molecule has 1 saturated heterocycles. The molecule has 1 fully saturated rings. The molecule has 0 bridgehead atoms. The Balaban J connectivity index is 2.16. The average molecular weight is 276 g/mol. The quantitative estimate of drug-likeness (QED) is 0.898. The summed E-state index contributed by atoms with van der Waals surface area (Å²) in [6, 6.07) is 6.18. The van der Waals surface area contributed by atoms with E-state index in [1.807, 2.05) is 26.1 Å². The van der Waals surface area contributed by atoms with E-state index in [2.05, 4.69) is 16.7 Å². The molecule has 4 heteroatoms. The summed E-state index contributed by atoms with van der Waals surface area (Å²) in [6.45, 7) is 7.23. The van der Waals surface area contributed by atoms with Crippen LogP contribution in [0.25, 0.3) is 0 Å². The first-order chi connectivity index (χ1) is 9.52. The number of likely N-dealkylation sites (tertiary alicyclic amines) is 1. The van der Waals surface area contributed by atoms with E-state index in [9.17, 15) is 9.90 Å². The van der Waals surface area contributed by atoms with Gasteiger partial charge in [0.05, 0.1) is 11.3 Å². The number of carboxylic acid groups (broad SMARTS) is 1. The zero-order valence-electron chi connectivity index (χ0n) is 12.6. The van der Waals surface area contributed by atoms with Gasteiger partial charge in [0.1, 0.15) is 0 Å². The van der Waals surface area contributed by atoms with Gasteiger partial charge in [-0.1, -0.05) is 18.6 Å². The fourth-order valence-electron chi connectivity index (χ4n) is 3.09. The van der Waals surface area contributed by atoms with Crippen molar-refractivity contribution in [2.45, 2.75) is 32.7 Å². The van der Waals surface area contributed by atoms with E-state index in [1.54, 1.807) is 6.07 Å². The molecular weight excluding hydrogens is 252 g/mol. The van der Waals surface area contributed by atoms with Crippen LogP contribution >= 0.6 is 0 Å². The summed E-state index contributed by atoms with van der Waals surface area (Å²) in [7, 11) is 1.99. The lowest BCUT2D eigenvalue weighted by molar-refractivity contribution is 0.0697. The predicted octanol–water partition coefficient (Wildman–Crippen LogP) is 2.61. The first-order valence-electron chi connectivity index (χ1n) is 7.32. The standard InChI is InChI=1S/C16H24N2O2/c1-4-18-9-5-6-13(18)11-17(3)15-8-7-12(2)10-14(15)16(19)20/h7-8,10,13H,4-6,9,11H2,1-3H3,(H,19,20). The molecule has 4 nitrogen and oxygen atoms in total. The summed E-state index contributed by atoms with van der Waals surface area (Å²) in [5, 5.41) is 9.36. The Bertz CT molecular complexity index is 487. The van der Waals surface area contributed by atoms with Crippen molar-refractivity contribution < 1.29 is 9.90 Å². The van der Waals surface area contributed by atoms with E-state index in [-0.39, 0.29) is 0 Å². The van der Waals surface area contributed by atoms with Crippen LogP contribution in [0.3, 0.4) is 0 Å². The Morgan fingerprint density at radius 3 is 2.90 bits per heavy atom. The Morgan fingerprint density at radius 2 is 2.25 bits per heavy atom. The summed E-state index contributed by atoms with van der Waals surface area (Å²) in [5.41, 5.74) is 2.19. The molecule has 1 atom stereocenters. The van der Waals surface area contributed by atoms with E-state index in [0.717, 1.165) is 30.9 Å². The average Bonchev–Trinajstić information content (AvgIpc) is 2.85. The lowest BCUT2D eigenvalue weighted by Gasteiger charge is -2.29. The first kappa shape index (κ1) is 14.9.